The summed E-state index contributed by atoms with van der Waals surface area (Å²) < 4.78 is 6.29. The van der Waals surface area contributed by atoms with Crippen LogP contribution in [0.4, 0.5) is 0 Å². The van der Waals surface area contributed by atoms with Crippen molar-refractivity contribution in [3.8, 4) is 5.75 Å². The van der Waals surface area contributed by atoms with E-state index in [1.807, 2.05) is 28.9 Å². The minimum Gasteiger partial charge on any atom is -0.490 e. The lowest BCUT2D eigenvalue weighted by molar-refractivity contribution is -0.135. The zero-order valence-electron chi connectivity index (χ0n) is 18.5. The van der Waals surface area contributed by atoms with E-state index >= 15 is 0 Å². The molecule has 32 heavy (non-hydrogen) atoms. The number of aromatic nitrogens is 1. The average molecular weight is 477 g/mol. The number of carbonyl (C=O) groups is 2. The van der Waals surface area contributed by atoms with Gasteiger partial charge in [0.2, 0.25) is 5.91 Å². The molecule has 2 amide bonds. The summed E-state index contributed by atoms with van der Waals surface area (Å²) in [5, 5.41) is 0.652. The normalized spacial score (nSPS) is 22.1. The highest BCUT2D eigenvalue weighted by Gasteiger charge is 2.36. The number of hydrogen-bond donors (Lipinski definition) is 0. The van der Waals surface area contributed by atoms with Crippen LogP contribution < -0.4 is 4.74 Å². The average Bonchev–Trinajstić information content (AvgIpc) is 3.22. The molecule has 3 heterocycles. The van der Waals surface area contributed by atoms with Gasteiger partial charge in [-0.05, 0) is 38.2 Å². The van der Waals surface area contributed by atoms with Crippen molar-refractivity contribution in [3.05, 3.63) is 45.4 Å². The summed E-state index contributed by atoms with van der Waals surface area (Å²) in [7, 11) is 2.07. The molecule has 172 valence electrons. The molecule has 0 aliphatic carbocycles. The number of hydrogen-bond acceptors (Lipinski definition) is 6. The van der Waals surface area contributed by atoms with E-state index in [0.29, 0.717) is 35.8 Å². The van der Waals surface area contributed by atoms with Crippen molar-refractivity contribution < 1.29 is 14.3 Å². The Morgan fingerprint density at radius 1 is 1.12 bits per heavy atom. The molecule has 2 saturated heterocycles. The SMILES string of the molecule is Cc1ncsc1C(=O)N1CC[C@H](Oc2ccc(Cl)cc2)[C@@H](CC(=O)N2CCN(C)CC2)C1. The number of rotatable bonds is 5. The molecular formula is C23H29ClN4O3S. The summed E-state index contributed by atoms with van der Waals surface area (Å²) in [6.07, 6.45) is 0.902. The Morgan fingerprint density at radius 2 is 1.84 bits per heavy atom. The van der Waals surface area contributed by atoms with Crippen LogP contribution in [-0.2, 0) is 4.79 Å². The Labute approximate surface area is 197 Å². The topological polar surface area (TPSA) is 66.0 Å². The number of nitrogens with zero attached hydrogens (tertiary/aromatic N) is 4. The highest BCUT2D eigenvalue weighted by molar-refractivity contribution is 7.11. The van der Waals surface area contributed by atoms with E-state index in [1.165, 1.54) is 11.3 Å². The summed E-state index contributed by atoms with van der Waals surface area (Å²) in [6, 6.07) is 7.29. The summed E-state index contributed by atoms with van der Waals surface area (Å²) in [6.45, 7) is 6.20. The predicted octanol–water partition coefficient (Wildman–Crippen LogP) is 3.18. The van der Waals surface area contributed by atoms with Crippen molar-refractivity contribution in [2.24, 2.45) is 5.92 Å². The first-order valence-corrected chi connectivity index (χ1v) is 12.2. The van der Waals surface area contributed by atoms with Gasteiger partial charge in [0.05, 0.1) is 11.2 Å². The number of thiazole rings is 1. The van der Waals surface area contributed by atoms with Gasteiger partial charge in [-0.15, -0.1) is 11.3 Å². The third-order valence-corrected chi connectivity index (χ3v) is 7.45. The number of piperazine rings is 1. The maximum Gasteiger partial charge on any atom is 0.265 e. The molecule has 1 aromatic heterocycles. The number of halogens is 1. The third kappa shape index (κ3) is 5.42. The van der Waals surface area contributed by atoms with Crippen molar-refractivity contribution in [1.82, 2.24) is 19.7 Å². The molecule has 2 aliphatic rings. The zero-order chi connectivity index (χ0) is 22.7. The number of likely N-dealkylation sites (tertiary alicyclic amines) is 1. The summed E-state index contributed by atoms with van der Waals surface area (Å²) >= 11 is 7.37. The molecule has 2 aliphatic heterocycles. The van der Waals surface area contributed by atoms with E-state index in [1.54, 1.807) is 17.6 Å². The fourth-order valence-electron chi connectivity index (χ4n) is 4.29. The molecule has 2 fully saturated rings. The maximum absolute atomic E-state index is 13.1. The smallest absolute Gasteiger partial charge is 0.265 e. The highest BCUT2D eigenvalue weighted by atomic mass is 35.5. The number of piperidine rings is 1. The van der Waals surface area contributed by atoms with Crippen LogP contribution in [0.25, 0.3) is 0 Å². The number of aryl methyl sites for hydroxylation is 1. The van der Waals surface area contributed by atoms with Gasteiger partial charge in [-0.1, -0.05) is 11.6 Å². The van der Waals surface area contributed by atoms with Crippen molar-refractivity contribution >= 4 is 34.8 Å². The maximum atomic E-state index is 13.1. The van der Waals surface area contributed by atoms with Crippen LogP contribution in [0.5, 0.6) is 5.75 Å². The van der Waals surface area contributed by atoms with E-state index in [2.05, 4.69) is 16.9 Å². The fourth-order valence-corrected chi connectivity index (χ4v) is 5.19. The number of likely N-dealkylation sites (N-methyl/N-ethyl adjacent to an activating group) is 1. The fraction of sp³-hybridized carbons (Fsp3) is 0.522. The van der Waals surface area contributed by atoms with Gasteiger partial charge in [0.25, 0.3) is 5.91 Å². The molecule has 0 N–H and O–H groups in total. The Morgan fingerprint density at radius 3 is 2.50 bits per heavy atom. The Bertz CT molecular complexity index is 943. The summed E-state index contributed by atoms with van der Waals surface area (Å²) in [4.78, 5) is 37.1. The Hall–Kier alpha value is -2.16. The van der Waals surface area contributed by atoms with Crippen LogP contribution in [0.2, 0.25) is 5.02 Å². The zero-order valence-corrected chi connectivity index (χ0v) is 20.1. The lowest BCUT2D eigenvalue weighted by Crippen LogP contribution is -2.51. The standard InChI is InChI=1S/C23H29ClN4O3S/c1-16-22(32-15-25-16)23(30)28-8-7-20(31-19-5-3-18(24)4-6-19)17(14-28)13-21(29)27-11-9-26(2)10-12-27/h3-6,15,17,20H,7-14H2,1-2H3/t17-,20-/m0/s1. The molecule has 0 bridgehead atoms. The first-order chi connectivity index (χ1) is 15.4. The first-order valence-electron chi connectivity index (χ1n) is 11.0. The Balaban J connectivity index is 1.48. The molecular weight excluding hydrogens is 448 g/mol. The molecule has 9 heteroatoms. The molecule has 7 nitrogen and oxygen atoms in total. The first kappa shape index (κ1) is 23.0. The van der Waals surface area contributed by atoms with Gasteiger partial charge in [-0.3, -0.25) is 9.59 Å². The number of ether oxygens (including phenoxy) is 1. The van der Waals surface area contributed by atoms with Crippen molar-refractivity contribution in [2.75, 3.05) is 46.3 Å². The minimum atomic E-state index is -0.140. The second-order valence-electron chi connectivity index (χ2n) is 8.57. The lowest BCUT2D eigenvalue weighted by Gasteiger charge is -2.39. The number of amides is 2. The van der Waals surface area contributed by atoms with Crippen molar-refractivity contribution in [3.63, 3.8) is 0 Å². The van der Waals surface area contributed by atoms with E-state index < -0.39 is 0 Å². The molecule has 0 unspecified atom stereocenters. The van der Waals surface area contributed by atoms with Gasteiger partial charge in [-0.2, -0.15) is 0 Å². The van der Waals surface area contributed by atoms with Gasteiger partial charge in [0, 0.05) is 63.1 Å². The molecule has 1 aromatic carbocycles. The van der Waals surface area contributed by atoms with E-state index in [0.717, 1.165) is 37.6 Å². The molecule has 2 aromatic rings. The molecule has 0 radical (unpaired) electrons. The van der Waals surface area contributed by atoms with E-state index in [9.17, 15) is 9.59 Å². The highest BCUT2D eigenvalue weighted by Crippen LogP contribution is 2.29. The van der Waals surface area contributed by atoms with Gasteiger partial charge in [-0.25, -0.2) is 4.98 Å². The second-order valence-corrected chi connectivity index (χ2v) is 9.86. The number of carbonyl (C=O) groups excluding carboxylic acids is 2. The summed E-state index contributed by atoms with van der Waals surface area (Å²) in [5.74, 6) is 0.779. The van der Waals surface area contributed by atoms with Gasteiger partial charge in [0.15, 0.2) is 0 Å². The molecule has 4 rings (SSSR count). The third-order valence-electron chi connectivity index (χ3n) is 6.29. The van der Waals surface area contributed by atoms with Crippen LogP contribution in [0, 0.1) is 12.8 Å². The molecule has 2 atom stereocenters. The monoisotopic (exact) mass is 476 g/mol. The van der Waals surface area contributed by atoms with Gasteiger partial charge >= 0.3 is 0 Å². The van der Waals surface area contributed by atoms with E-state index in [-0.39, 0.29) is 23.8 Å². The van der Waals surface area contributed by atoms with Crippen LogP contribution >= 0.6 is 22.9 Å². The molecule has 0 spiro atoms. The Kier molecular flexibility index (Phi) is 7.33. The largest absolute Gasteiger partial charge is 0.490 e. The number of benzene rings is 1. The minimum absolute atomic E-state index is 0.00742. The lowest BCUT2D eigenvalue weighted by atomic mass is 9.90. The van der Waals surface area contributed by atoms with Crippen LogP contribution in [0.15, 0.2) is 29.8 Å². The van der Waals surface area contributed by atoms with Crippen LogP contribution in [-0.4, -0.2) is 83.9 Å². The van der Waals surface area contributed by atoms with Crippen LogP contribution in [0.1, 0.15) is 28.2 Å². The van der Waals surface area contributed by atoms with Crippen molar-refractivity contribution in [1.29, 1.82) is 0 Å². The van der Waals surface area contributed by atoms with Crippen LogP contribution in [0.3, 0.4) is 0 Å². The van der Waals surface area contributed by atoms with Gasteiger partial charge in [0.1, 0.15) is 16.7 Å². The van der Waals surface area contributed by atoms with Gasteiger partial charge < -0.3 is 19.4 Å². The molecule has 0 saturated carbocycles. The summed E-state index contributed by atoms with van der Waals surface area (Å²) in [5.41, 5.74) is 2.46. The quantitative estimate of drug-likeness (QED) is 0.663. The second kappa shape index (κ2) is 10.2. The van der Waals surface area contributed by atoms with E-state index in [4.69, 9.17) is 16.3 Å². The predicted molar refractivity (Wildman–Crippen MR) is 125 cm³/mol. The van der Waals surface area contributed by atoms with Crippen molar-refractivity contribution in [2.45, 2.75) is 25.9 Å².